The van der Waals surface area contributed by atoms with E-state index in [1.807, 2.05) is 5.32 Å². The number of nitrogens with one attached hydrogen (secondary N) is 1. The molecule has 8 rings (SSSR count). The monoisotopic (exact) mass is 945 g/mol. The zero-order valence-corrected chi connectivity index (χ0v) is 40.0. The van der Waals surface area contributed by atoms with Gasteiger partial charge in [-0.25, -0.2) is 28.7 Å². The molecule has 0 spiro atoms. The first-order valence-electron chi connectivity index (χ1n) is 25.5. The van der Waals surface area contributed by atoms with Crippen LogP contribution in [0.1, 0.15) is 53.6 Å². The minimum atomic E-state index is -3.66. The number of hydrogen-bond donors (Lipinski definition) is 2. The van der Waals surface area contributed by atoms with E-state index in [-0.39, 0.29) is 47.3 Å². The highest BCUT2D eigenvalue weighted by Gasteiger charge is 2.25. The van der Waals surface area contributed by atoms with Crippen molar-refractivity contribution in [3.05, 3.63) is 83.9 Å². The lowest BCUT2D eigenvalue weighted by Gasteiger charge is -2.20. The van der Waals surface area contributed by atoms with Crippen molar-refractivity contribution in [1.29, 1.82) is 0 Å². The molecule has 0 atom stereocenters. The largest absolute Gasteiger partial charge is 0.365 e. The molecule has 20 heteroatoms. The van der Waals surface area contributed by atoms with Crippen LogP contribution in [0.3, 0.4) is 0 Å². The number of amides is 2. The van der Waals surface area contributed by atoms with Gasteiger partial charge >= 0.3 is 0 Å². The van der Waals surface area contributed by atoms with Crippen LogP contribution in [0.2, 0.25) is 51.4 Å². The molecule has 0 saturated carbocycles. The van der Waals surface area contributed by atoms with Crippen LogP contribution in [0.15, 0.2) is 61.2 Å². The smallest absolute Gasteiger partial charge is 0.255 e. The molecule has 66 heavy (non-hydrogen) atoms. The zero-order valence-electron chi connectivity index (χ0n) is 47.0. The number of carbonyl (C=O) groups excluding carboxylic acids is 2. The summed E-state index contributed by atoms with van der Waals surface area (Å²) < 4.78 is 116. The Hall–Kier alpha value is -6.23. The van der Waals surface area contributed by atoms with Gasteiger partial charge in [0.1, 0.15) is 58.9 Å². The number of hydrogen-bond acceptors (Lipinski definition) is 10. The Morgan fingerprint density at radius 1 is 0.727 bits per heavy atom. The van der Waals surface area contributed by atoms with Crippen molar-refractivity contribution in [2.45, 2.75) is 90.9 Å². The Bertz CT molecular complexity index is 3420. The van der Waals surface area contributed by atoms with Gasteiger partial charge < -0.3 is 29.7 Å². The van der Waals surface area contributed by atoms with E-state index in [1.54, 1.807) is 41.8 Å². The summed E-state index contributed by atoms with van der Waals surface area (Å²) in [5, 5.41) is 12.0. The number of benzene rings is 2. The number of primary amides is 1. The van der Waals surface area contributed by atoms with Gasteiger partial charge in [0.05, 0.1) is 34.6 Å². The summed E-state index contributed by atoms with van der Waals surface area (Å²) in [6.07, 6.45) is 5.87. The van der Waals surface area contributed by atoms with Gasteiger partial charge in [0.15, 0.2) is 11.3 Å². The number of fused-ring (bicyclic) bond motifs is 4. The average Bonchev–Trinajstić information content (AvgIpc) is 4.03. The third-order valence-electron chi connectivity index (χ3n) is 10.5. The van der Waals surface area contributed by atoms with E-state index in [4.69, 9.17) is 27.5 Å². The van der Waals surface area contributed by atoms with Gasteiger partial charge in [-0.15, -0.1) is 0 Å². The summed E-state index contributed by atoms with van der Waals surface area (Å²) >= 11 is 0. The molecule has 0 aliphatic heterocycles. The Labute approximate surface area is 396 Å². The fourth-order valence-corrected chi connectivity index (χ4v) is 8.55. The van der Waals surface area contributed by atoms with Crippen molar-refractivity contribution < 1.29 is 40.2 Å². The van der Waals surface area contributed by atoms with Crippen LogP contribution in [0.4, 0.5) is 8.78 Å². The Kier molecular flexibility index (Phi) is 10.4. The molecule has 2 aromatic carbocycles. The maximum atomic E-state index is 13.9. The Morgan fingerprint density at radius 3 is 1.59 bits per heavy atom. The fraction of sp³-hybridized carbons (Fsp3) is 0.391. The summed E-state index contributed by atoms with van der Waals surface area (Å²) in [7, 11) is 0.720. The molecule has 0 bridgehead atoms. The summed E-state index contributed by atoms with van der Waals surface area (Å²) in [5.41, 5.74) is 5.52. The Morgan fingerprint density at radius 2 is 1.17 bits per heavy atom. The van der Waals surface area contributed by atoms with Crippen LogP contribution in [0.25, 0.3) is 66.9 Å². The van der Waals surface area contributed by atoms with Crippen molar-refractivity contribution in [3.8, 4) is 22.8 Å². The molecular weight excluding hydrogens is 879 g/mol. The second kappa shape index (κ2) is 18.6. The predicted octanol–water partition coefficient (Wildman–Crippen LogP) is 8.50. The molecule has 0 unspecified atom stereocenters. The molecule has 3 N–H and O–H groups in total. The lowest BCUT2D eigenvalue weighted by molar-refractivity contribution is 0.0884. The third-order valence-corrected chi connectivity index (χ3v) is 13.9. The van der Waals surface area contributed by atoms with E-state index in [1.165, 1.54) is 52.0 Å². The van der Waals surface area contributed by atoms with Gasteiger partial charge in [-0.05, 0) is 69.0 Å². The van der Waals surface area contributed by atoms with E-state index in [9.17, 15) is 18.4 Å². The predicted molar refractivity (Wildman–Crippen MR) is 258 cm³/mol. The van der Waals surface area contributed by atoms with Crippen LogP contribution in [0, 0.1) is 11.6 Å². The first kappa shape index (κ1) is 36.9. The summed E-state index contributed by atoms with van der Waals surface area (Å²) in [5.74, 6) is -2.70. The molecule has 6 aromatic heterocycles. The molecule has 0 radical (unpaired) electrons. The van der Waals surface area contributed by atoms with Crippen molar-refractivity contribution in [2.75, 3.05) is 13.2 Å². The number of rotatable bonds is 14. The summed E-state index contributed by atoms with van der Waals surface area (Å²) in [6, 6.07) is 10.4. The molecule has 0 aliphatic rings. The topological polar surface area (TPSA) is 188 Å². The standard InChI is InChI=1S/C25H33FN6O2Si.C21H25FN6O2Si/c1-25(2,3)29-24(33)18-14-32(15-34-10-11-35(5,6)7)23-22(18)28-19(13-27-23)21-17-9-8-16(26)12-20(17)31(4)30-21;1-27-17-9-13(22)5-6-14(17)18(26-27)16-10-24-21-19(25-16)15(20(23)29)11-28(21)12-30-7-8-31(2,3)4/h8-9,12-14H,10-11,15H2,1-7H3,(H,29,33);5-6,9-11H,7-8,12H2,1-4H3,(H2,23,29)/i1D3,2D3,3D3;. The lowest BCUT2D eigenvalue weighted by atomic mass is 10.1. The number of carbonyl (C=O) groups is 2. The van der Waals surface area contributed by atoms with Crippen molar-refractivity contribution in [3.63, 3.8) is 0 Å². The van der Waals surface area contributed by atoms with Crippen molar-refractivity contribution in [2.24, 2.45) is 19.8 Å². The first-order chi connectivity index (χ1) is 34.7. The molecule has 0 saturated heterocycles. The fourth-order valence-electron chi connectivity index (χ4n) is 7.03. The first-order valence-corrected chi connectivity index (χ1v) is 28.4. The maximum Gasteiger partial charge on any atom is 0.255 e. The molecule has 348 valence electrons. The van der Waals surface area contributed by atoms with Crippen LogP contribution in [-0.4, -0.2) is 95.3 Å². The second-order valence-corrected chi connectivity index (χ2v) is 29.7. The normalized spacial score (nSPS) is 15.0. The van der Waals surface area contributed by atoms with Gasteiger partial charge in [0.2, 0.25) is 0 Å². The number of ether oxygens (including phenoxy) is 2. The summed E-state index contributed by atoms with van der Waals surface area (Å²) in [6.45, 7) is 3.68. The molecule has 0 aliphatic carbocycles. The minimum absolute atomic E-state index is 0.0724. The summed E-state index contributed by atoms with van der Waals surface area (Å²) in [4.78, 5) is 44.0. The average molecular weight is 946 g/mol. The molecule has 2 amide bonds. The molecular formula is C46H58F2N12O4Si2. The highest BCUT2D eigenvalue weighted by atomic mass is 28.3. The van der Waals surface area contributed by atoms with Gasteiger partial charge in [0.25, 0.3) is 11.8 Å². The SMILES string of the molecule is Cn1nc(-c2cnc3c(n2)c(C(N)=O)cn3COCC[Si](C)(C)C)c2ccc(F)cc21.[2H]C([2H])([2H])C(NC(=O)c1cn(COCC[Si](C)(C)C)c2ncc(-c3nn(C)c4cc(F)ccc34)nc12)(C([2H])([2H])[2H])C([2H])([2H])[2H]. The van der Waals surface area contributed by atoms with E-state index in [2.05, 4.69) is 69.4 Å². The van der Waals surface area contributed by atoms with E-state index < -0.39 is 59.9 Å². The maximum absolute atomic E-state index is 13.9. The molecule has 16 nitrogen and oxygen atoms in total. The van der Waals surface area contributed by atoms with Crippen LogP contribution < -0.4 is 11.1 Å². The van der Waals surface area contributed by atoms with Gasteiger partial charge in [-0.2, -0.15) is 10.2 Å². The van der Waals surface area contributed by atoms with E-state index in [0.29, 0.717) is 57.9 Å². The van der Waals surface area contributed by atoms with E-state index >= 15 is 0 Å². The highest BCUT2D eigenvalue weighted by molar-refractivity contribution is 6.76. The lowest BCUT2D eigenvalue weighted by Crippen LogP contribution is -2.40. The van der Waals surface area contributed by atoms with Gasteiger partial charge in [-0.1, -0.05) is 39.3 Å². The zero-order chi connectivity index (χ0) is 55.4. The molecule has 6 heterocycles. The quantitative estimate of drug-likeness (QED) is 0.0791. The van der Waals surface area contributed by atoms with Crippen LogP contribution in [0.5, 0.6) is 0 Å². The number of halogens is 2. The van der Waals surface area contributed by atoms with Crippen LogP contribution in [-0.2, 0) is 37.0 Å². The van der Waals surface area contributed by atoms with E-state index in [0.717, 1.165) is 17.5 Å². The number of aryl methyl sites for hydroxylation is 2. The number of nitrogens with two attached hydrogens (primary N) is 1. The highest BCUT2D eigenvalue weighted by Crippen LogP contribution is 2.31. The Balaban J connectivity index is 0.000000232. The second-order valence-electron chi connectivity index (χ2n) is 18.4. The number of aromatic nitrogens is 10. The van der Waals surface area contributed by atoms with Crippen LogP contribution >= 0.6 is 0 Å². The van der Waals surface area contributed by atoms with Crippen molar-refractivity contribution in [1.82, 2.24) is 53.9 Å². The third kappa shape index (κ3) is 10.9. The molecule has 0 fully saturated rings. The minimum Gasteiger partial charge on any atom is -0.365 e. The number of nitrogens with zero attached hydrogens (tertiary/aromatic N) is 10. The molecule has 8 aromatic rings. The van der Waals surface area contributed by atoms with Crippen molar-refractivity contribution >= 4 is 72.1 Å². The van der Waals surface area contributed by atoms with Gasteiger partial charge in [0, 0.05) is 84.5 Å². The van der Waals surface area contributed by atoms with Gasteiger partial charge in [-0.3, -0.25) is 19.0 Å².